The molecule has 2 heterocycles. The predicted octanol–water partition coefficient (Wildman–Crippen LogP) is 0.530. The molecule has 0 radical (unpaired) electrons. The van der Waals surface area contributed by atoms with Crippen molar-refractivity contribution in [2.45, 2.75) is 12.3 Å². The van der Waals surface area contributed by atoms with Gasteiger partial charge in [0, 0.05) is 32.7 Å². The summed E-state index contributed by atoms with van der Waals surface area (Å²) in [7, 11) is 1.49. The van der Waals surface area contributed by atoms with Crippen LogP contribution in [-0.2, 0) is 0 Å². The van der Waals surface area contributed by atoms with Crippen LogP contribution in [0.15, 0.2) is 12.4 Å². The number of piperazine rings is 1. The molecule has 1 N–H and O–H groups in total. The van der Waals surface area contributed by atoms with Crippen molar-refractivity contribution in [1.29, 1.82) is 0 Å². The van der Waals surface area contributed by atoms with E-state index in [0.717, 1.165) is 0 Å². The van der Waals surface area contributed by atoms with Crippen LogP contribution in [0.25, 0.3) is 0 Å². The second-order valence-electron chi connectivity index (χ2n) is 4.76. The number of β-amino-alcohol motifs (C(OH)–C–C–N with tert-alkyl or cyclic N) is 1. The van der Waals surface area contributed by atoms with E-state index in [9.17, 15) is 13.2 Å². The summed E-state index contributed by atoms with van der Waals surface area (Å²) in [6, 6.07) is 0. The number of halogens is 3. The van der Waals surface area contributed by atoms with Crippen molar-refractivity contribution in [2.75, 3.05) is 44.7 Å². The Kier molecular flexibility index (Phi) is 4.84. The van der Waals surface area contributed by atoms with E-state index in [1.165, 1.54) is 13.3 Å². The molecule has 0 saturated carbocycles. The van der Waals surface area contributed by atoms with E-state index in [1.807, 2.05) is 4.90 Å². The van der Waals surface area contributed by atoms with Crippen LogP contribution in [0.3, 0.4) is 0 Å². The lowest BCUT2D eigenvalue weighted by Crippen LogP contribution is -2.51. The molecule has 1 fully saturated rings. The predicted molar refractivity (Wildman–Crippen MR) is 69.3 cm³/mol. The van der Waals surface area contributed by atoms with E-state index >= 15 is 0 Å². The van der Waals surface area contributed by atoms with Gasteiger partial charge < -0.3 is 14.7 Å². The Bertz CT molecular complexity index is 464. The lowest BCUT2D eigenvalue weighted by molar-refractivity contribution is -0.208. The minimum atomic E-state index is -4.57. The van der Waals surface area contributed by atoms with E-state index in [2.05, 4.69) is 9.97 Å². The van der Waals surface area contributed by atoms with Gasteiger partial charge in [0.1, 0.15) is 0 Å². The van der Waals surface area contributed by atoms with Crippen molar-refractivity contribution in [3.05, 3.63) is 12.4 Å². The zero-order valence-electron chi connectivity index (χ0n) is 11.5. The zero-order valence-corrected chi connectivity index (χ0v) is 11.5. The minimum Gasteiger partial charge on any atom is -0.480 e. The van der Waals surface area contributed by atoms with Gasteiger partial charge in [-0.2, -0.15) is 18.2 Å². The van der Waals surface area contributed by atoms with E-state index in [0.29, 0.717) is 37.9 Å². The third-order valence-corrected chi connectivity index (χ3v) is 3.31. The van der Waals surface area contributed by atoms with Crippen molar-refractivity contribution >= 4 is 5.82 Å². The van der Waals surface area contributed by atoms with Gasteiger partial charge in [-0.1, -0.05) is 0 Å². The molecule has 6 nitrogen and oxygen atoms in total. The number of ether oxygens (including phenoxy) is 1. The molecule has 1 aromatic heterocycles. The summed E-state index contributed by atoms with van der Waals surface area (Å²) in [4.78, 5) is 11.7. The number of hydrogen-bond acceptors (Lipinski definition) is 6. The lowest BCUT2D eigenvalue weighted by Gasteiger charge is -2.36. The van der Waals surface area contributed by atoms with E-state index in [4.69, 9.17) is 9.84 Å². The minimum absolute atomic E-state index is 0.391. The third-order valence-electron chi connectivity index (χ3n) is 3.31. The maximum Gasteiger partial charge on any atom is 0.415 e. The highest BCUT2D eigenvalue weighted by atomic mass is 19.4. The number of aliphatic hydroxyl groups is 1. The van der Waals surface area contributed by atoms with E-state index in [1.54, 1.807) is 11.1 Å². The van der Waals surface area contributed by atoms with Gasteiger partial charge in [-0.3, -0.25) is 9.88 Å². The first-order valence-electron chi connectivity index (χ1n) is 6.48. The topological polar surface area (TPSA) is 61.7 Å². The van der Waals surface area contributed by atoms with Gasteiger partial charge in [0.15, 0.2) is 11.9 Å². The first-order chi connectivity index (χ1) is 9.90. The fraction of sp³-hybridized carbons (Fsp3) is 0.667. The van der Waals surface area contributed by atoms with Gasteiger partial charge in [0.05, 0.1) is 19.5 Å². The Labute approximate surface area is 120 Å². The summed E-state index contributed by atoms with van der Waals surface area (Å²) in [5, 5.41) is 9.07. The Morgan fingerprint density at radius 2 is 1.95 bits per heavy atom. The second-order valence-corrected chi connectivity index (χ2v) is 4.76. The van der Waals surface area contributed by atoms with Crippen LogP contribution in [0.5, 0.6) is 5.88 Å². The number of rotatable bonds is 4. The quantitative estimate of drug-likeness (QED) is 0.875. The maximum absolute atomic E-state index is 12.3. The lowest BCUT2D eigenvalue weighted by atomic mass is 10.2. The van der Waals surface area contributed by atoms with Crippen molar-refractivity contribution < 1.29 is 23.0 Å². The van der Waals surface area contributed by atoms with Crippen LogP contribution < -0.4 is 9.64 Å². The molecule has 9 heteroatoms. The average Bonchev–Trinajstić information content (AvgIpc) is 2.47. The SMILES string of the molecule is COc1cncc(N2CCN(C[C@@H](O)C(F)(F)F)CC2)n1. The summed E-state index contributed by atoms with van der Waals surface area (Å²) in [6.07, 6.45) is -3.81. The van der Waals surface area contributed by atoms with Crippen molar-refractivity contribution in [1.82, 2.24) is 14.9 Å². The molecule has 2 rings (SSSR count). The monoisotopic (exact) mass is 306 g/mol. The summed E-state index contributed by atoms with van der Waals surface area (Å²) in [5.74, 6) is 1.02. The summed E-state index contributed by atoms with van der Waals surface area (Å²) in [6.45, 7) is 1.48. The standard InChI is InChI=1S/C12H17F3N4O2/c1-21-11-7-16-6-10(17-11)19-4-2-18(3-5-19)8-9(20)12(13,14)15/h6-7,9,20H,2-5,8H2,1H3/t9-/m1/s1. The summed E-state index contributed by atoms with van der Waals surface area (Å²) >= 11 is 0. The molecule has 0 bridgehead atoms. The maximum atomic E-state index is 12.3. The Morgan fingerprint density at radius 3 is 2.52 bits per heavy atom. The van der Waals surface area contributed by atoms with Crippen molar-refractivity contribution in [3.8, 4) is 5.88 Å². The molecular formula is C12H17F3N4O2. The summed E-state index contributed by atoms with van der Waals surface area (Å²) < 4.78 is 41.9. The fourth-order valence-electron chi connectivity index (χ4n) is 2.10. The van der Waals surface area contributed by atoms with Crippen molar-refractivity contribution in [3.63, 3.8) is 0 Å². The van der Waals surface area contributed by atoms with Gasteiger partial charge in [-0.05, 0) is 0 Å². The van der Waals surface area contributed by atoms with Gasteiger partial charge >= 0.3 is 6.18 Å². The molecule has 118 valence electrons. The highest BCUT2D eigenvalue weighted by Crippen LogP contribution is 2.22. The molecule has 0 aromatic carbocycles. The van der Waals surface area contributed by atoms with Crippen LogP contribution in [0.4, 0.5) is 19.0 Å². The Balaban J connectivity index is 1.88. The van der Waals surface area contributed by atoms with E-state index in [-0.39, 0.29) is 0 Å². The molecule has 0 aliphatic carbocycles. The fourth-order valence-corrected chi connectivity index (χ4v) is 2.10. The highest BCUT2D eigenvalue weighted by Gasteiger charge is 2.39. The van der Waals surface area contributed by atoms with Crippen LogP contribution in [0.2, 0.25) is 0 Å². The molecule has 0 amide bonds. The third kappa shape index (κ3) is 4.18. The van der Waals surface area contributed by atoms with E-state index < -0.39 is 18.8 Å². The number of methoxy groups -OCH3 is 1. The number of hydrogen-bond donors (Lipinski definition) is 1. The van der Waals surface area contributed by atoms with Gasteiger partial charge in [0.2, 0.25) is 5.88 Å². The molecular weight excluding hydrogens is 289 g/mol. The summed E-state index contributed by atoms with van der Waals surface area (Å²) in [5.41, 5.74) is 0. The van der Waals surface area contributed by atoms with Crippen molar-refractivity contribution in [2.24, 2.45) is 0 Å². The van der Waals surface area contributed by atoms with Crippen LogP contribution >= 0.6 is 0 Å². The molecule has 1 saturated heterocycles. The number of aliphatic hydroxyl groups excluding tert-OH is 1. The van der Waals surface area contributed by atoms with Crippen LogP contribution in [0, 0.1) is 0 Å². The largest absolute Gasteiger partial charge is 0.480 e. The van der Waals surface area contributed by atoms with Gasteiger partial charge in [0.25, 0.3) is 0 Å². The Morgan fingerprint density at radius 1 is 1.29 bits per heavy atom. The molecule has 21 heavy (non-hydrogen) atoms. The average molecular weight is 306 g/mol. The number of nitrogens with zero attached hydrogens (tertiary/aromatic N) is 4. The molecule has 0 unspecified atom stereocenters. The van der Waals surface area contributed by atoms with Gasteiger partial charge in [-0.15, -0.1) is 0 Å². The number of aromatic nitrogens is 2. The zero-order chi connectivity index (χ0) is 15.5. The second kappa shape index (κ2) is 6.44. The smallest absolute Gasteiger partial charge is 0.415 e. The van der Waals surface area contributed by atoms with Gasteiger partial charge in [-0.25, -0.2) is 0 Å². The first-order valence-corrected chi connectivity index (χ1v) is 6.48. The number of alkyl halides is 3. The molecule has 0 spiro atoms. The highest BCUT2D eigenvalue weighted by molar-refractivity contribution is 5.38. The normalized spacial score (nSPS) is 18.6. The van der Waals surface area contributed by atoms with Crippen LogP contribution in [-0.4, -0.2) is 72.1 Å². The van der Waals surface area contributed by atoms with Crippen LogP contribution in [0.1, 0.15) is 0 Å². The molecule has 1 aliphatic heterocycles. The molecule has 1 aromatic rings. The first kappa shape index (κ1) is 15.8. The molecule has 1 aliphatic rings. The molecule has 1 atom stereocenters. The number of anilines is 1. The Hall–Kier alpha value is -1.61.